The molecule has 2 amide bonds. The number of carbonyl (C=O) groups is 2. The van der Waals surface area contributed by atoms with Gasteiger partial charge in [-0.1, -0.05) is 84.9 Å². The van der Waals surface area contributed by atoms with Crippen LogP contribution in [0, 0.1) is 0 Å². The standard InChI is InChI=1S/C38H40N4O5/c1-45-38(44)42-36(35(27-12-4-2-5-13-27)28-14-6-3-7-15-28)37(43)41-32-16-9-8-11-26(32)19-20-29-23-39-24-30(47-29)25-46-34-18-10-17-33-31(34)21-22-40-33/h2-18,21-22,29-30,35-36,39-40H,19-20,23-25H2,1H3,(H,41,43)(H,42,44)/t29-,30?,36+/m1/s1. The second-order valence-corrected chi connectivity index (χ2v) is 11.6. The van der Waals surface area contributed by atoms with Crippen LogP contribution in [0.1, 0.15) is 29.0 Å². The largest absolute Gasteiger partial charge is 0.490 e. The monoisotopic (exact) mass is 632 g/mol. The van der Waals surface area contributed by atoms with Gasteiger partial charge in [0.2, 0.25) is 5.91 Å². The number of nitrogens with one attached hydrogen (secondary N) is 4. The first-order chi connectivity index (χ1) is 23.1. The number of morpholine rings is 1. The normalized spacial score (nSPS) is 16.8. The van der Waals surface area contributed by atoms with Gasteiger partial charge in [0, 0.05) is 41.8 Å². The average Bonchev–Trinajstić information content (AvgIpc) is 3.61. The maximum Gasteiger partial charge on any atom is 0.407 e. The molecule has 1 unspecified atom stereocenters. The van der Waals surface area contributed by atoms with Crippen LogP contribution in [-0.4, -0.2) is 62.0 Å². The van der Waals surface area contributed by atoms with Crippen molar-refractivity contribution in [2.24, 2.45) is 0 Å². The molecule has 0 radical (unpaired) electrons. The van der Waals surface area contributed by atoms with Crippen LogP contribution < -0.4 is 20.7 Å². The average molecular weight is 633 g/mol. The third kappa shape index (κ3) is 8.00. The van der Waals surface area contributed by atoms with Gasteiger partial charge in [0.15, 0.2) is 0 Å². The van der Waals surface area contributed by atoms with E-state index in [9.17, 15) is 9.59 Å². The SMILES string of the molecule is COC(=O)N[C@H](C(=O)Nc1ccccc1CC[C@@H]1CNCC(COc2cccc3[nH]ccc23)O1)C(c1ccccc1)c1ccccc1. The first kappa shape index (κ1) is 31.8. The van der Waals surface area contributed by atoms with Crippen molar-refractivity contribution in [2.45, 2.75) is 37.0 Å². The van der Waals surface area contributed by atoms with Crippen LogP contribution in [0.25, 0.3) is 10.9 Å². The third-order valence-corrected chi connectivity index (χ3v) is 8.51. The van der Waals surface area contributed by atoms with Crippen LogP contribution in [0.2, 0.25) is 0 Å². The number of hydrogen-bond donors (Lipinski definition) is 4. The Bertz CT molecular complexity index is 1720. The molecule has 1 fully saturated rings. The first-order valence-corrected chi connectivity index (χ1v) is 16.0. The predicted octanol–water partition coefficient (Wildman–Crippen LogP) is 6.03. The Kier molecular flexibility index (Phi) is 10.5. The lowest BCUT2D eigenvalue weighted by molar-refractivity contribution is -0.118. The van der Waals surface area contributed by atoms with E-state index in [0.29, 0.717) is 25.3 Å². The van der Waals surface area contributed by atoms with Crippen molar-refractivity contribution in [3.8, 4) is 5.75 Å². The maximum absolute atomic E-state index is 14.1. The summed E-state index contributed by atoms with van der Waals surface area (Å²) < 4.78 is 17.5. The lowest BCUT2D eigenvalue weighted by Crippen LogP contribution is -2.48. The summed E-state index contributed by atoms with van der Waals surface area (Å²) in [6.45, 7) is 1.89. The molecule has 0 bridgehead atoms. The second kappa shape index (κ2) is 15.4. The van der Waals surface area contributed by atoms with Crippen LogP contribution >= 0.6 is 0 Å². The number of aromatic nitrogens is 1. The number of para-hydroxylation sites is 1. The number of H-pyrrole nitrogens is 1. The first-order valence-electron chi connectivity index (χ1n) is 16.0. The second-order valence-electron chi connectivity index (χ2n) is 11.6. The summed E-state index contributed by atoms with van der Waals surface area (Å²) >= 11 is 0. The summed E-state index contributed by atoms with van der Waals surface area (Å²) in [6.07, 6.45) is 2.57. The highest BCUT2D eigenvalue weighted by molar-refractivity contribution is 5.98. The lowest BCUT2D eigenvalue weighted by Gasteiger charge is -2.31. The minimum Gasteiger partial charge on any atom is -0.490 e. The number of carbonyl (C=O) groups excluding carboxylic acids is 2. The molecule has 1 aliphatic rings. The van der Waals surface area contributed by atoms with Crippen LogP contribution in [0.15, 0.2) is 115 Å². The van der Waals surface area contributed by atoms with Gasteiger partial charge in [-0.15, -0.1) is 0 Å². The van der Waals surface area contributed by atoms with Gasteiger partial charge in [-0.05, 0) is 53.8 Å². The molecule has 0 spiro atoms. The van der Waals surface area contributed by atoms with Gasteiger partial charge in [-0.3, -0.25) is 4.79 Å². The summed E-state index contributed by atoms with van der Waals surface area (Å²) in [5, 5.41) is 10.5. The zero-order valence-corrected chi connectivity index (χ0v) is 26.4. The summed E-state index contributed by atoms with van der Waals surface area (Å²) in [5.74, 6) is 0.0421. The zero-order valence-electron chi connectivity index (χ0n) is 26.4. The number of aryl methyl sites for hydroxylation is 1. The Labute approximate surface area is 274 Å². The number of ether oxygens (including phenoxy) is 3. The highest BCUT2D eigenvalue weighted by atomic mass is 16.5. The molecule has 0 aliphatic carbocycles. The summed E-state index contributed by atoms with van der Waals surface area (Å²) in [7, 11) is 1.29. The molecule has 242 valence electrons. The van der Waals surface area contributed by atoms with Crippen molar-refractivity contribution in [3.63, 3.8) is 0 Å². The number of fused-ring (bicyclic) bond motifs is 1. The highest BCUT2D eigenvalue weighted by Crippen LogP contribution is 2.30. The molecule has 4 N–H and O–H groups in total. The summed E-state index contributed by atoms with van der Waals surface area (Å²) in [5.41, 5.74) is 4.51. The molecule has 1 saturated heterocycles. The van der Waals surface area contributed by atoms with Crippen LogP contribution in [-0.2, 0) is 20.7 Å². The van der Waals surface area contributed by atoms with Crippen LogP contribution in [0.4, 0.5) is 10.5 Å². The fraction of sp³-hybridized carbons (Fsp3) is 0.263. The minimum absolute atomic E-state index is 0.0153. The van der Waals surface area contributed by atoms with Gasteiger partial charge in [0.05, 0.1) is 13.2 Å². The molecular formula is C38H40N4O5. The van der Waals surface area contributed by atoms with Gasteiger partial charge in [-0.25, -0.2) is 4.79 Å². The quantitative estimate of drug-likeness (QED) is 0.134. The molecule has 5 aromatic rings. The van der Waals surface area contributed by atoms with E-state index in [1.54, 1.807) is 0 Å². The van der Waals surface area contributed by atoms with E-state index in [1.807, 2.05) is 115 Å². The molecule has 0 saturated carbocycles. The Hall–Kier alpha value is -5.12. The number of hydrogen-bond acceptors (Lipinski definition) is 6. The topological polar surface area (TPSA) is 114 Å². The molecule has 2 heterocycles. The van der Waals surface area contributed by atoms with Gasteiger partial charge in [0.1, 0.15) is 24.5 Å². The van der Waals surface area contributed by atoms with Crippen molar-refractivity contribution in [1.82, 2.24) is 15.6 Å². The summed E-state index contributed by atoms with van der Waals surface area (Å²) in [6, 6.07) is 34.2. The van der Waals surface area contributed by atoms with Gasteiger partial charge in [0.25, 0.3) is 0 Å². The number of anilines is 1. The molecule has 1 aromatic heterocycles. The Morgan fingerprint density at radius 3 is 2.30 bits per heavy atom. The maximum atomic E-state index is 14.1. The number of methoxy groups -OCH3 is 1. The van der Waals surface area contributed by atoms with E-state index >= 15 is 0 Å². The van der Waals surface area contributed by atoms with E-state index in [1.165, 1.54) is 7.11 Å². The number of benzene rings is 4. The fourth-order valence-corrected chi connectivity index (χ4v) is 6.18. The molecule has 9 heteroatoms. The zero-order chi connectivity index (χ0) is 32.4. The molecule has 1 aliphatic heterocycles. The number of amides is 2. The fourth-order valence-electron chi connectivity index (χ4n) is 6.18. The van der Waals surface area contributed by atoms with E-state index in [4.69, 9.17) is 14.2 Å². The van der Waals surface area contributed by atoms with Crippen molar-refractivity contribution in [1.29, 1.82) is 0 Å². The van der Waals surface area contributed by atoms with Gasteiger partial charge in [-0.2, -0.15) is 0 Å². The molecule has 6 rings (SSSR count). The smallest absolute Gasteiger partial charge is 0.407 e. The van der Waals surface area contributed by atoms with Crippen LogP contribution in [0.3, 0.4) is 0 Å². The molecule has 3 atom stereocenters. The van der Waals surface area contributed by atoms with E-state index in [-0.39, 0.29) is 18.1 Å². The molecule has 4 aromatic carbocycles. The van der Waals surface area contributed by atoms with Crippen molar-refractivity contribution >= 4 is 28.6 Å². The number of aromatic amines is 1. The van der Waals surface area contributed by atoms with Crippen LogP contribution in [0.5, 0.6) is 5.75 Å². The van der Waals surface area contributed by atoms with E-state index < -0.39 is 18.1 Å². The van der Waals surface area contributed by atoms with E-state index in [2.05, 4.69) is 20.9 Å². The Balaban J connectivity index is 1.13. The predicted molar refractivity (Wildman–Crippen MR) is 183 cm³/mol. The van der Waals surface area contributed by atoms with Gasteiger partial charge >= 0.3 is 6.09 Å². The van der Waals surface area contributed by atoms with Crippen molar-refractivity contribution in [2.75, 3.05) is 32.1 Å². The van der Waals surface area contributed by atoms with Crippen molar-refractivity contribution < 1.29 is 23.8 Å². The lowest BCUT2D eigenvalue weighted by atomic mass is 9.84. The molecular weight excluding hydrogens is 592 g/mol. The highest BCUT2D eigenvalue weighted by Gasteiger charge is 2.33. The van der Waals surface area contributed by atoms with E-state index in [0.717, 1.165) is 46.3 Å². The molecule has 9 nitrogen and oxygen atoms in total. The molecule has 47 heavy (non-hydrogen) atoms. The number of rotatable bonds is 12. The number of alkyl carbamates (subject to hydrolysis) is 1. The Morgan fingerprint density at radius 1 is 0.851 bits per heavy atom. The Morgan fingerprint density at radius 2 is 1.55 bits per heavy atom. The third-order valence-electron chi connectivity index (χ3n) is 8.51. The minimum atomic E-state index is -0.941. The van der Waals surface area contributed by atoms with Gasteiger partial charge < -0.3 is 35.1 Å². The van der Waals surface area contributed by atoms with Crippen molar-refractivity contribution in [3.05, 3.63) is 132 Å². The summed E-state index contributed by atoms with van der Waals surface area (Å²) in [4.78, 5) is 29.8.